The quantitative estimate of drug-likeness (QED) is 0.488. The topological polar surface area (TPSA) is 52.6 Å². The van der Waals surface area contributed by atoms with Crippen LogP contribution in [0.2, 0.25) is 0 Å². The number of carbonyl (C=O) groups is 2. The fourth-order valence-corrected chi connectivity index (χ4v) is 1.28. The van der Waals surface area contributed by atoms with Crippen molar-refractivity contribution in [3.8, 4) is 0 Å². The van der Waals surface area contributed by atoms with Gasteiger partial charge in [-0.25, -0.2) is 14.0 Å². The van der Waals surface area contributed by atoms with Gasteiger partial charge in [0.15, 0.2) is 0 Å². The lowest BCUT2D eigenvalue weighted by Gasteiger charge is -2.24. The summed E-state index contributed by atoms with van der Waals surface area (Å²) in [6.07, 6.45) is 0. The van der Waals surface area contributed by atoms with Gasteiger partial charge in [0.1, 0.15) is 0 Å². The summed E-state index contributed by atoms with van der Waals surface area (Å²) >= 11 is 0. The van der Waals surface area contributed by atoms with E-state index in [2.05, 4.69) is 9.31 Å². The van der Waals surface area contributed by atoms with Crippen molar-refractivity contribution in [3.63, 3.8) is 0 Å². The molecule has 0 spiro atoms. The Balaban J connectivity index is 2.44. The predicted molar refractivity (Wildman–Crippen MR) is 45.1 cm³/mol. The van der Waals surface area contributed by atoms with Crippen molar-refractivity contribution in [2.24, 2.45) is 0 Å². The van der Waals surface area contributed by atoms with Gasteiger partial charge in [0, 0.05) is 0 Å². The molecule has 1 aromatic carbocycles. The zero-order chi connectivity index (χ0) is 11.1. The Hall–Kier alpha value is -1.92. The molecule has 0 N–H and O–H groups in total. The highest BCUT2D eigenvalue weighted by molar-refractivity contribution is 6.82. The molecule has 0 amide bonds. The van der Waals surface area contributed by atoms with Crippen LogP contribution in [0, 0.1) is 5.82 Å². The van der Waals surface area contributed by atoms with Crippen LogP contribution < -0.4 is 5.46 Å². The summed E-state index contributed by atoms with van der Waals surface area (Å²) in [6, 6.07) is 4.68. The summed E-state index contributed by atoms with van der Waals surface area (Å²) in [5.41, 5.74) is -0.586. The van der Waals surface area contributed by atoms with Crippen molar-refractivity contribution in [1.82, 2.24) is 0 Å². The van der Waals surface area contributed by atoms with E-state index in [1.807, 2.05) is 0 Å². The molecule has 0 aliphatic carbocycles. The van der Waals surface area contributed by atoms with E-state index in [1.165, 1.54) is 12.1 Å². The Morgan fingerprint density at radius 1 is 1.07 bits per heavy atom. The SMILES string of the molecule is O=C1O[B-](F)(c2ccccc2F)OC1=O. The summed E-state index contributed by atoms with van der Waals surface area (Å²) in [4.78, 5) is 21.3. The van der Waals surface area contributed by atoms with Crippen LogP contribution in [-0.4, -0.2) is 18.8 Å². The van der Waals surface area contributed by atoms with Gasteiger partial charge in [-0.15, -0.1) is 0 Å². The largest absolute Gasteiger partial charge is 0.618 e. The maximum atomic E-state index is 13.7. The third kappa shape index (κ3) is 1.45. The minimum atomic E-state index is -3.85. The van der Waals surface area contributed by atoms with Gasteiger partial charge in [-0.2, -0.15) is 0 Å². The van der Waals surface area contributed by atoms with Crippen LogP contribution in [0.1, 0.15) is 0 Å². The number of halogens is 2. The van der Waals surface area contributed by atoms with E-state index in [4.69, 9.17) is 0 Å². The van der Waals surface area contributed by atoms with Gasteiger partial charge in [-0.1, -0.05) is 23.7 Å². The number of hydrogen-bond donors (Lipinski definition) is 0. The Bertz CT molecular complexity index is 432. The maximum absolute atomic E-state index is 13.7. The summed E-state index contributed by atoms with van der Waals surface area (Å²) < 4.78 is 35.0. The predicted octanol–water partition coefficient (Wildman–Crippen LogP) is 0.0411. The summed E-state index contributed by atoms with van der Waals surface area (Å²) in [5, 5.41) is 0. The van der Waals surface area contributed by atoms with Crippen LogP contribution in [0.25, 0.3) is 0 Å². The molecule has 4 nitrogen and oxygen atoms in total. The fourth-order valence-electron chi connectivity index (χ4n) is 1.28. The van der Waals surface area contributed by atoms with E-state index in [0.717, 1.165) is 12.1 Å². The number of carbonyl (C=O) groups excluding carboxylic acids is 2. The molecule has 1 fully saturated rings. The van der Waals surface area contributed by atoms with Gasteiger partial charge in [0.25, 0.3) is 0 Å². The molecule has 2 rings (SSSR count). The smallest absolute Gasteiger partial charge is 0.564 e. The minimum Gasteiger partial charge on any atom is -0.618 e. The van der Waals surface area contributed by atoms with E-state index in [1.54, 1.807) is 0 Å². The van der Waals surface area contributed by atoms with Crippen molar-refractivity contribution in [2.75, 3.05) is 0 Å². The lowest BCUT2D eigenvalue weighted by Crippen LogP contribution is -2.47. The third-order valence-corrected chi connectivity index (χ3v) is 1.96. The third-order valence-electron chi connectivity index (χ3n) is 1.96. The Labute approximate surface area is 82.8 Å². The number of benzene rings is 1. The van der Waals surface area contributed by atoms with Gasteiger partial charge in [0.2, 0.25) is 0 Å². The lowest BCUT2D eigenvalue weighted by atomic mass is 9.73. The monoisotopic (exact) mass is 213 g/mol. The Kier molecular flexibility index (Phi) is 1.96. The van der Waals surface area contributed by atoms with Crippen molar-refractivity contribution in [3.05, 3.63) is 30.1 Å². The molecule has 15 heavy (non-hydrogen) atoms. The van der Waals surface area contributed by atoms with Crippen molar-refractivity contribution in [1.29, 1.82) is 0 Å². The summed E-state index contributed by atoms with van der Waals surface area (Å²) in [7, 11) is 0. The highest BCUT2D eigenvalue weighted by Gasteiger charge is 2.47. The average molecular weight is 213 g/mol. The molecule has 0 bridgehead atoms. The average Bonchev–Trinajstić information content (AvgIpc) is 2.42. The zero-order valence-electron chi connectivity index (χ0n) is 7.28. The molecule has 0 radical (unpaired) electrons. The molecule has 1 saturated heterocycles. The van der Waals surface area contributed by atoms with Crippen molar-refractivity contribution in [2.45, 2.75) is 0 Å². The highest BCUT2D eigenvalue weighted by Crippen LogP contribution is 2.18. The molecule has 1 aliphatic heterocycles. The molecule has 1 aliphatic rings. The zero-order valence-corrected chi connectivity index (χ0v) is 7.28. The fraction of sp³-hybridized carbons (Fsp3) is 0. The Morgan fingerprint density at radius 3 is 2.13 bits per heavy atom. The second-order valence-electron chi connectivity index (χ2n) is 2.95. The molecular weight excluding hydrogens is 209 g/mol. The maximum Gasteiger partial charge on any atom is 0.564 e. The number of rotatable bonds is 1. The van der Waals surface area contributed by atoms with Crippen molar-refractivity contribution >= 4 is 24.2 Å². The van der Waals surface area contributed by atoms with Crippen LogP contribution in [-0.2, 0) is 18.9 Å². The highest BCUT2D eigenvalue weighted by atomic mass is 19.1. The Morgan fingerprint density at radius 2 is 1.60 bits per heavy atom. The van der Waals surface area contributed by atoms with Crippen molar-refractivity contribution < 1.29 is 27.6 Å². The van der Waals surface area contributed by atoms with E-state index < -0.39 is 30.0 Å². The van der Waals surface area contributed by atoms with Gasteiger partial charge < -0.3 is 13.6 Å². The number of hydrogen-bond acceptors (Lipinski definition) is 4. The second kappa shape index (κ2) is 3.04. The second-order valence-corrected chi connectivity index (χ2v) is 2.95. The molecule has 7 heteroatoms. The van der Waals surface area contributed by atoms with Crippen LogP contribution >= 0.6 is 0 Å². The lowest BCUT2D eigenvalue weighted by molar-refractivity contribution is -0.150. The first-order valence-corrected chi connectivity index (χ1v) is 4.06. The molecule has 0 unspecified atom stereocenters. The first-order valence-electron chi connectivity index (χ1n) is 4.06. The normalized spacial score (nSPS) is 18.5. The minimum absolute atomic E-state index is 0.586. The van der Waals surface area contributed by atoms with Gasteiger partial charge in [0.05, 0.1) is 5.82 Å². The first kappa shape index (κ1) is 9.63. The molecule has 0 saturated carbocycles. The van der Waals surface area contributed by atoms with Gasteiger partial charge in [-0.05, 0) is 6.07 Å². The standard InChI is InChI=1S/C8H4BF2O4/c10-6-4-2-1-3-5(6)9(11)14-7(12)8(13)15-9/h1-4H/q-1. The van der Waals surface area contributed by atoms with E-state index >= 15 is 0 Å². The molecule has 0 atom stereocenters. The summed E-state index contributed by atoms with van der Waals surface area (Å²) in [5.74, 6) is -3.86. The molecule has 1 heterocycles. The molecule has 0 aromatic heterocycles. The van der Waals surface area contributed by atoms with Gasteiger partial charge >= 0.3 is 18.8 Å². The molecule has 78 valence electrons. The van der Waals surface area contributed by atoms with E-state index in [9.17, 15) is 18.3 Å². The van der Waals surface area contributed by atoms with E-state index in [0.29, 0.717) is 0 Å². The van der Waals surface area contributed by atoms with E-state index in [-0.39, 0.29) is 0 Å². The van der Waals surface area contributed by atoms with Crippen LogP contribution in [0.4, 0.5) is 8.71 Å². The first-order chi connectivity index (χ1) is 7.03. The van der Waals surface area contributed by atoms with Crippen LogP contribution in [0.5, 0.6) is 0 Å². The van der Waals surface area contributed by atoms with Gasteiger partial charge in [-0.3, -0.25) is 0 Å². The van der Waals surface area contributed by atoms with Crippen LogP contribution in [0.15, 0.2) is 24.3 Å². The molecule has 1 aromatic rings. The molecular formula is C8H4BF2O4-. The summed E-state index contributed by atoms with van der Waals surface area (Å²) in [6.45, 7) is -3.85. The van der Waals surface area contributed by atoms with Crippen LogP contribution in [0.3, 0.4) is 0 Å².